The highest BCUT2D eigenvalue weighted by Crippen LogP contribution is 2.01. The Morgan fingerprint density at radius 2 is 2.20 bits per heavy atom. The first-order chi connectivity index (χ1) is 4.81. The Labute approximate surface area is 66.8 Å². The van der Waals surface area contributed by atoms with Crippen LogP contribution in [0.2, 0.25) is 0 Å². The summed E-state index contributed by atoms with van der Waals surface area (Å²) in [6.45, 7) is 0. The van der Waals surface area contributed by atoms with Gasteiger partial charge in [-0.05, 0) is 24.9 Å². The van der Waals surface area contributed by atoms with E-state index in [0.29, 0.717) is 6.42 Å². The summed E-state index contributed by atoms with van der Waals surface area (Å²) in [5, 5.41) is 2.60. The predicted octanol–water partition coefficient (Wildman–Crippen LogP) is 1.27. The van der Waals surface area contributed by atoms with Crippen LogP contribution in [0.15, 0.2) is 0 Å². The Balaban J connectivity index is 2.96. The molecule has 1 amide bonds. The predicted molar refractivity (Wildman–Crippen MR) is 46.3 cm³/mol. The van der Waals surface area contributed by atoms with Gasteiger partial charge in [-0.2, -0.15) is 11.8 Å². The Morgan fingerprint density at radius 3 is 2.70 bits per heavy atom. The van der Waals surface area contributed by atoms with Crippen LogP contribution in [0.1, 0.15) is 19.3 Å². The SMILES string of the molecule is CNC(=O)CCCCSC. The lowest BCUT2D eigenvalue weighted by Crippen LogP contribution is -2.16. The summed E-state index contributed by atoms with van der Waals surface area (Å²) in [4.78, 5) is 10.7. The lowest BCUT2D eigenvalue weighted by Gasteiger charge is -1.97. The summed E-state index contributed by atoms with van der Waals surface area (Å²) >= 11 is 1.83. The van der Waals surface area contributed by atoms with Crippen LogP contribution < -0.4 is 5.32 Å². The molecule has 0 fully saturated rings. The average Bonchev–Trinajstić information content (AvgIpc) is 1.98. The van der Waals surface area contributed by atoms with E-state index in [4.69, 9.17) is 0 Å². The quantitative estimate of drug-likeness (QED) is 0.615. The lowest BCUT2D eigenvalue weighted by molar-refractivity contribution is -0.120. The van der Waals surface area contributed by atoms with Crippen molar-refractivity contribution in [3.05, 3.63) is 0 Å². The third-order valence-corrected chi connectivity index (χ3v) is 1.98. The standard InChI is InChI=1S/C7H15NOS/c1-8-7(9)5-3-4-6-10-2/h3-6H2,1-2H3,(H,8,9). The molecule has 0 rings (SSSR count). The van der Waals surface area contributed by atoms with Gasteiger partial charge in [-0.15, -0.1) is 0 Å². The van der Waals surface area contributed by atoms with Gasteiger partial charge < -0.3 is 5.32 Å². The van der Waals surface area contributed by atoms with Crippen LogP contribution in [-0.2, 0) is 4.79 Å². The van der Waals surface area contributed by atoms with E-state index in [2.05, 4.69) is 11.6 Å². The zero-order valence-corrected chi connectivity index (χ0v) is 7.46. The van der Waals surface area contributed by atoms with E-state index >= 15 is 0 Å². The number of hydrogen-bond donors (Lipinski definition) is 1. The van der Waals surface area contributed by atoms with Gasteiger partial charge in [-0.25, -0.2) is 0 Å². The molecule has 0 unspecified atom stereocenters. The maximum atomic E-state index is 10.7. The van der Waals surface area contributed by atoms with Crippen LogP contribution in [0.4, 0.5) is 0 Å². The molecule has 0 saturated heterocycles. The smallest absolute Gasteiger partial charge is 0.219 e. The summed E-state index contributed by atoms with van der Waals surface area (Å²) in [5.41, 5.74) is 0. The van der Waals surface area contributed by atoms with Gasteiger partial charge in [0.25, 0.3) is 0 Å². The second-order valence-corrected chi connectivity index (χ2v) is 3.11. The van der Waals surface area contributed by atoms with Crippen LogP contribution in [-0.4, -0.2) is 25.0 Å². The van der Waals surface area contributed by atoms with Crippen LogP contribution in [0.5, 0.6) is 0 Å². The second-order valence-electron chi connectivity index (χ2n) is 2.12. The molecule has 0 aliphatic rings. The van der Waals surface area contributed by atoms with E-state index in [0.717, 1.165) is 18.6 Å². The summed E-state index contributed by atoms with van der Waals surface area (Å²) < 4.78 is 0. The maximum absolute atomic E-state index is 10.7. The molecule has 0 saturated carbocycles. The minimum Gasteiger partial charge on any atom is -0.359 e. The highest BCUT2D eigenvalue weighted by molar-refractivity contribution is 7.98. The summed E-state index contributed by atoms with van der Waals surface area (Å²) in [7, 11) is 1.68. The van der Waals surface area contributed by atoms with E-state index in [1.165, 1.54) is 0 Å². The van der Waals surface area contributed by atoms with Crippen LogP contribution >= 0.6 is 11.8 Å². The van der Waals surface area contributed by atoms with E-state index < -0.39 is 0 Å². The van der Waals surface area contributed by atoms with Crippen molar-refractivity contribution in [3.63, 3.8) is 0 Å². The summed E-state index contributed by atoms with van der Waals surface area (Å²) in [5.74, 6) is 1.32. The average molecular weight is 161 g/mol. The van der Waals surface area contributed by atoms with Crippen molar-refractivity contribution in [2.75, 3.05) is 19.1 Å². The van der Waals surface area contributed by atoms with Gasteiger partial charge in [0, 0.05) is 13.5 Å². The molecule has 3 heteroatoms. The van der Waals surface area contributed by atoms with Gasteiger partial charge in [0.15, 0.2) is 0 Å². The second kappa shape index (κ2) is 6.93. The monoisotopic (exact) mass is 161 g/mol. The minimum atomic E-state index is 0.154. The molecule has 0 radical (unpaired) electrons. The molecule has 0 aromatic carbocycles. The Kier molecular flexibility index (Phi) is 6.81. The highest BCUT2D eigenvalue weighted by Gasteiger charge is 1.95. The Hall–Kier alpha value is -0.180. The van der Waals surface area contributed by atoms with Crippen molar-refractivity contribution in [2.24, 2.45) is 0 Å². The number of thioether (sulfide) groups is 1. The summed E-state index contributed by atoms with van der Waals surface area (Å²) in [6, 6.07) is 0. The topological polar surface area (TPSA) is 29.1 Å². The molecule has 60 valence electrons. The van der Waals surface area contributed by atoms with E-state index in [1.807, 2.05) is 11.8 Å². The normalized spacial score (nSPS) is 9.40. The number of amides is 1. The number of carbonyl (C=O) groups is 1. The number of hydrogen-bond acceptors (Lipinski definition) is 2. The number of rotatable bonds is 5. The molecule has 10 heavy (non-hydrogen) atoms. The van der Waals surface area contributed by atoms with Crippen LogP contribution in [0.3, 0.4) is 0 Å². The molecule has 0 heterocycles. The molecule has 0 aromatic heterocycles. The van der Waals surface area contributed by atoms with Gasteiger partial charge >= 0.3 is 0 Å². The van der Waals surface area contributed by atoms with Crippen LogP contribution in [0.25, 0.3) is 0 Å². The van der Waals surface area contributed by atoms with Gasteiger partial charge in [0.2, 0.25) is 5.91 Å². The molecule has 1 N–H and O–H groups in total. The fourth-order valence-corrected chi connectivity index (χ4v) is 1.15. The van der Waals surface area contributed by atoms with Crippen LogP contribution in [0, 0.1) is 0 Å². The maximum Gasteiger partial charge on any atom is 0.219 e. The fraction of sp³-hybridized carbons (Fsp3) is 0.857. The molecule has 0 aliphatic heterocycles. The lowest BCUT2D eigenvalue weighted by atomic mass is 10.2. The minimum absolute atomic E-state index is 0.154. The Morgan fingerprint density at radius 1 is 1.50 bits per heavy atom. The number of nitrogens with one attached hydrogen (secondary N) is 1. The molecule has 0 aromatic rings. The molecule has 0 spiro atoms. The van der Waals surface area contributed by atoms with E-state index in [1.54, 1.807) is 7.05 Å². The zero-order valence-electron chi connectivity index (χ0n) is 6.64. The molecule has 0 atom stereocenters. The van der Waals surface area contributed by atoms with Crippen molar-refractivity contribution in [3.8, 4) is 0 Å². The van der Waals surface area contributed by atoms with Gasteiger partial charge in [-0.1, -0.05) is 0 Å². The Bertz CT molecular complexity index is 95.6. The molecule has 0 aliphatic carbocycles. The number of unbranched alkanes of at least 4 members (excludes halogenated alkanes) is 1. The molecule has 0 bridgehead atoms. The largest absolute Gasteiger partial charge is 0.359 e. The highest BCUT2D eigenvalue weighted by atomic mass is 32.2. The van der Waals surface area contributed by atoms with Crippen molar-refractivity contribution < 1.29 is 4.79 Å². The molecular formula is C7H15NOS. The third kappa shape index (κ3) is 5.95. The summed E-state index contributed by atoms with van der Waals surface area (Å²) in [6.07, 6.45) is 4.92. The van der Waals surface area contributed by atoms with Crippen molar-refractivity contribution >= 4 is 17.7 Å². The van der Waals surface area contributed by atoms with Crippen molar-refractivity contribution in [1.82, 2.24) is 5.32 Å². The fourth-order valence-electron chi connectivity index (χ4n) is 0.657. The van der Waals surface area contributed by atoms with Gasteiger partial charge in [0.1, 0.15) is 0 Å². The van der Waals surface area contributed by atoms with E-state index in [9.17, 15) is 4.79 Å². The first kappa shape index (κ1) is 9.82. The molecule has 2 nitrogen and oxygen atoms in total. The van der Waals surface area contributed by atoms with Gasteiger partial charge in [0.05, 0.1) is 0 Å². The first-order valence-electron chi connectivity index (χ1n) is 3.50. The first-order valence-corrected chi connectivity index (χ1v) is 4.90. The van der Waals surface area contributed by atoms with E-state index in [-0.39, 0.29) is 5.91 Å². The zero-order chi connectivity index (χ0) is 7.82. The molecular weight excluding hydrogens is 146 g/mol. The van der Waals surface area contributed by atoms with Crippen molar-refractivity contribution in [1.29, 1.82) is 0 Å². The third-order valence-electron chi connectivity index (χ3n) is 1.28. The number of carbonyl (C=O) groups excluding carboxylic acids is 1. The van der Waals surface area contributed by atoms with Gasteiger partial charge in [-0.3, -0.25) is 4.79 Å². The van der Waals surface area contributed by atoms with Crippen molar-refractivity contribution in [2.45, 2.75) is 19.3 Å².